The molecule has 0 radical (unpaired) electrons. The van der Waals surface area contributed by atoms with Crippen LogP contribution in [0.4, 0.5) is 13.2 Å². The Balaban J connectivity index is 2.00. The summed E-state index contributed by atoms with van der Waals surface area (Å²) in [6.45, 7) is 0. The molecule has 0 saturated heterocycles. The van der Waals surface area contributed by atoms with E-state index in [9.17, 15) is 26.4 Å². The number of carbonyl (C=O) groups is 1. The smallest absolute Gasteiger partial charge is 0.416 e. The van der Waals surface area contributed by atoms with Crippen LogP contribution in [0.15, 0.2) is 66.2 Å². The van der Waals surface area contributed by atoms with Crippen molar-refractivity contribution in [3.63, 3.8) is 0 Å². The molecule has 0 aliphatic carbocycles. The molecule has 3 rings (SSSR count). The lowest BCUT2D eigenvalue weighted by Gasteiger charge is -2.16. The van der Waals surface area contributed by atoms with E-state index in [1.54, 1.807) is 0 Å². The number of benzene rings is 2. The van der Waals surface area contributed by atoms with E-state index in [1.165, 1.54) is 18.2 Å². The van der Waals surface area contributed by atoms with E-state index >= 15 is 0 Å². The van der Waals surface area contributed by atoms with Gasteiger partial charge in [-0.2, -0.15) is 21.6 Å². The highest BCUT2D eigenvalue weighted by Crippen LogP contribution is 2.40. The fraction of sp³-hybridized carbons (Fsp3) is 0.167. The Morgan fingerprint density at radius 1 is 1.14 bits per heavy atom. The minimum atomic E-state index is -5.24. The maximum absolute atomic E-state index is 13.3. The van der Waals surface area contributed by atoms with Gasteiger partial charge in [0.15, 0.2) is 6.08 Å². The van der Waals surface area contributed by atoms with Crippen molar-refractivity contribution in [1.82, 2.24) is 0 Å². The normalized spacial score (nSPS) is 22.2. The lowest BCUT2D eigenvalue weighted by Crippen LogP contribution is -2.19. The lowest BCUT2D eigenvalue weighted by molar-refractivity contribution is -0.139. The number of hydrogen-bond acceptors (Lipinski definition) is 6. The number of ether oxygens (including phenoxy) is 1. The second-order valence-electron chi connectivity index (χ2n) is 5.50. The van der Waals surface area contributed by atoms with E-state index in [2.05, 4.69) is 4.18 Å². The van der Waals surface area contributed by atoms with Crippen LogP contribution in [0.25, 0.3) is 0 Å². The largest absolute Gasteiger partial charge is 0.460 e. The molecule has 0 amide bonds. The van der Waals surface area contributed by atoms with Crippen molar-refractivity contribution in [3.05, 3.63) is 82.9 Å². The van der Waals surface area contributed by atoms with E-state index in [1.807, 2.05) is 0 Å². The number of halogens is 3. The van der Waals surface area contributed by atoms with Crippen LogP contribution in [-0.2, 0) is 35.7 Å². The molecule has 0 fully saturated rings. The van der Waals surface area contributed by atoms with Gasteiger partial charge in [-0.15, -0.1) is 0 Å². The molecule has 6 nitrogen and oxygen atoms in total. The van der Waals surface area contributed by atoms with Crippen molar-refractivity contribution in [2.45, 2.75) is 18.0 Å². The molecule has 10 heteroatoms. The van der Waals surface area contributed by atoms with Crippen molar-refractivity contribution >= 4 is 15.9 Å². The molecule has 2 N–H and O–H groups in total. The van der Waals surface area contributed by atoms with E-state index in [-0.39, 0.29) is 5.56 Å². The van der Waals surface area contributed by atoms with Crippen molar-refractivity contribution in [1.29, 1.82) is 0 Å². The molecule has 0 spiro atoms. The number of hydrogen-bond donors (Lipinski definition) is 1. The quantitative estimate of drug-likeness (QED) is 0.753. The third kappa shape index (κ3) is 4.11. The first kappa shape index (κ1) is 16.0. The number of rotatable bonds is 5. The maximum Gasteiger partial charge on any atom is 0.416 e. The van der Waals surface area contributed by atoms with Gasteiger partial charge in [0.2, 0.25) is 17.4 Å². The average molecular weight is 416 g/mol. The summed E-state index contributed by atoms with van der Waals surface area (Å²) in [7, 11) is -5.24. The summed E-state index contributed by atoms with van der Waals surface area (Å²) in [6.07, 6.45) is -8.04. The molecule has 1 heterocycles. The minimum absolute atomic E-state index is 0.333. The number of carbonyl (C=O) groups excluding carboxylic acids is 1. The molecule has 2 aromatic carbocycles. The highest BCUT2D eigenvalue weighted by Gasteiger charge is 2.44. The van der Waals surface area contributed by atoms with Gasteiger partial charge >= 0.3 is 16.3 Å². The van der Waals surface area contributed by atoms with Crippen LogP contribution in [0.3, 0.4) is 0 Å². The van der Waals surface area contributed by atoms with Crippen LogP contribution in [0.5, 0.6) is 0 Å². The van der Waals surface area contributed by atoms with Gasteiger partial charge in [-0.25, -0.2) is 0 Å². The fourth-order valence-corrected chi connectivity index (χ4v) is 3.23. The summed E-state index contributed by atoms with van der Waals surface area (Å²) < 4.78 is 98.4. The van der Waals surface area contributed by atoms with Gasteiger partial charge in [-0.1, -0.05) is 48.5 Å². The van der Waals surface area contributed by atoms with Gasteiger partial charge in [0, 0.05) is 5.56 Å². The Labute approximate surface area is 162 Å². The van der Waals surface area contributed by atoms with Crippen LogP contribution in [-0.4, -0.2) is 14.2 Å². The van der Waals surface area contributed by atoms with Crippen LogP contribution in [0, 0.1) is 0 Å². The third-order valence-corrected chi connectivity index (χ3v) is 4.41. The standard InChI is InChI=1S/C18H14F3NO5S/c19-18(20,21)13-9-5-4-8-12(13)15-14(23)16(17(22)26-15)27-28(24,25)10-11-6-2-1-3-7-11/h1-9,15H,10,22H2/t15-/m1/s1/i10D2,15D. The predicted molar refractivity (Wildman–Crippen MR) is 91.6 cm³/mol. The molecule has 1 aliphatic rings. The van der Waals surface area contributed by atoms with Gasteiger partial charge in [-0.3, -0.25) is 4.79 Å². The number of Topliss-reactive ketones (excluding diaryl/α,β-unsaturated/α-hetero) is 1. The average Bonchev–Trinajstić information content (AvgIpc) is 2.91. The monoisotopic (exact) mass is 416 g/mol. The zero-order valence-corrected chi connectivity index (χ0v) is 14.7. The second kappa shape index (κ2) is 7.19. The molecular formula is C18H14F3NO5S. The summed E-state index contributed by atoms with van der Waals surface area (Å²) in [5.41, 5.74) is -0.332. The molecule has 1 atom stereocenters. The Hall–Kier alpha value is -3.01. The molecule has 148 valence electrons. The maximum atomic E-state index is 13.3. The summed E-state index contributed by atoms with van der Waals surface area (Å²) in [5, 5.41) is 0. The van der Waals surface area contributed by atoms with E-state index < -0.39 is 56.6 Å². The van der Waals surface area contributed by atoms with Crippen molar-refractivity contribution in [3.8, 4) is 0 Å². The lowest BCUT2D eigenvalue weighted by atomic mass is 9.99. The first-order valence-corrected chi connectivity index (χ1v) is 9.02. The molecule has 0 aromatic heterocycles. The molecule has 1 aliphatic heterocycles. The third-order valence-electron chi connectivity index (χ3n) is 3.54. The van der Waals surface area contributed by atoms with E-state index in [0.29, 0.717) is 6.07 Å². The van der Waals surface area contributed by atoms with Gasteiger partial charge in [0.25, 0.3) is 0 Å². The van der Waals surface area contributed by atoms with Crippen molar-refractivity contribution < 1.29 is 39.4 Å². The highest BCUT2D eigenvalue weighted by molar-refractivity contribution is 7.86. The van der Waals surface area contributed by atoms with Crippen molar-refractivity contribution in [2.75, 3.05) is 0 Å². The molecule has 0 unspecified atom stereocenters. The Bertz CT molecular complexity index is 1170. The topological polar surface area (TPSA) is 95.7 Å². The minimum Gasteiger partial charge on any atom is -0.460 e. The molecule has 2 aromatic rings. The van der Waals surface area contributed by atoms with Gasteiger partial charge in [0.1, 0.15) is 5.70 Å². The van der Waals surface area contributed by atoms with E-state index in [0.717, 1.165) is 30.3 Å². The number of ketones is 1. The molecule has 0 bridgehead atoms. The SMILES string of the molecule is [2H]C([2H])(c1ccccc1)S(=O)(=O)OC1=C(N)O[C@]([2H])(c2ccccc2C(F)(F)F)C1=O. The summed E-state index contributed by atoms with van der Waals surface area (Å²) in [6, 6.07) is 10.1. The van der Waals surface area contributed by atoms with Gasteiger partial charge < -0.3 is 14.7 Å². The molecular weight excluding hydrogens is 399 g/mol. The van der Waals surface area contributed by atoms with Crippen LogP contribution >= 0.6 is 0 Å². The zero-order chi connectivity index (χ0) is 23.2. The Kier molecular flexibility index (Phi) is 4.11. The number of alkyl halides is 3. The van der Waals surface area contributed by atoms with Gasteiger partial charge in [-0.05, 0) is 11.6 Å². The summed E-state index contributed by atoms with van der Waals surface area (Å²) >= 11 is 0. The first-order valence-electron chi connectivity index (χ1n) is 9.11. The fourth-order valence-electron chi connectivity index (χ4n) is 2.38. The van der Waals surface area contributed by atoms with Gasteiger partial charge in [0.05, 0.1) is 9.68 Å². The number of nitrogens with two attached hydrogens (primary N) is 1. The predicted octanol–water partition coefficient (Wildman–Crippen LogP) is 3.02. The highest BCUT2D eigenvalue weighted by atomic mass is 32.2. The van der Waals surface area contributed by atoms with Crippen LogP contribution < -0.4 is 5.73 Å². The van der Waals surface area contributed by atoms with Crippen molar-refractivity contribution in [2.24, 2.45) is 5.73 Å². The second-order valence-corrected chi connectivity index (χ2v) is 6.78. The zero-order valence-electron chi connectivity index (χ0n) is 16.9. The Morgan fingerprint density at radius 2 is 1.75 bits per heavy atom. The Morgan fingerprint density at radius 3 is 2.39 bits per heavy atom. The molecule has 28 heavy (non-hydrogen) atoms. The van der Waals surface area contributed by atoms with E-state index in [4.69, 9.17) is 14.6 Å². The van der Waals surface area contributed by atoms with Crippen LogP contribution in [0.2, 0.25) is 0 Å². The molecule has 0 saturated carbocycles. The van der Waals surface area contributed by atoms with Crippen LogP contribution in [0.1, 0.15) is 26.9 Å². The summed E-state index contributed by atoms with van der Waals surface area (Å²) in [4.78, 5) is 12.7. The summed E-state index contributed by atoms with van der Waals surface area (Å²) in [5.74, 6) is -3.98. The first-order chi connectivity index (χ1) is 14.2.